The minimum Gasteiger partial charge on any atom is -0.493 e. The Labute approximate surface area is 174 Å². The predicted octanol–water partition coefficient (Wildman–Crippen LogP) is 2.52. The molecule has 9 nitrogen and oxygen atoms in total. The number of H-pyrrole nitrogens is 1. The number of nitrogens with one attached hydrogen (secondary N) is 1. The smallest absolute Gasteiger partial charge is 0.331 e. The first-order valence-corrected chi connectivity index (χ1v) is 11.0. The molecular formula is C20H23N3O6S. The van der Waals surface area contributed by atoms with Gasteiger partial charge in [-0.25, -0.2) is 4.98 Å². The van der Waals surface area contributed by atoms with Gasteiger partial charge in [0, 0.05) is 44.4 Å². The summed E-state index contributed by atoms with van der Waals surface area (Å²) >= 11 is 0. The van der Waals surface area contributed by atoms with Gasteiger partial charge in [0.25, 0.3) is 5.16 Å². The number of nitrogens with zero attached hydrogens (tertiary/aromatic N) is 2. The first kappa shape index (κ1) is 20.6. The number of benzene rings is 1. The van der Waals surface area contributed by atoms with E-state index < -0.39 is 10.1 Å². The standard InChI is InChI=1S/C20H23N3O6S/c1-13-17(21-6-4-18(13)27-8-3-7-26-2)12-29-30(24,25)20-22-15-10-14-5-9-28-19(14)11-16(15)23-20/h4,6,10-11H,3,5,7-9,12H2,1-2H3,(H,22,23). The monoisotopic (exact) mass is 433 g/mol. The fourth-order valence-electron chi connectivity index (χ4n) is 3.21. The minimum absolute atomic E-state index is 0.222. The molecule has 1 aliphatic heterocycles. The molecule has 0 saturated heterocycles. The number of aromatic amines is 1. The van der Waals surface area contributed by atoms with Crippen LogP contribution in [-0.2, 0) is 32.1 Å². The highest BCUT2D eigenvalue weighted by molar-refractivity contribution is 7.86. The van der Waals surface area contributed by atoms with E-state index in [-0.39, 0.29) is 11.8 Å². The van der Waals surface area contributed by atoms with Gasteiger partial charge in [-0.2, -0.15) is 8.42 Å². The van der Waals surface area contributed by atoms with Crippen molar-refractivity contribution in [3.63, 3.8) is 0 Å². The van der Waals surface area contributed by atoms with Crippen molar-refractivity contribution >= 4 is 21.2 Å². The molecule has 1 N–H and O–H groups in total. The Balaban J connectivity index is 1.47. The third-order valence-corrected chi connectivity index (χ3v) is 5.96. The zero-order valence-electron chi connectivity index (χ0n) is 16.8. The molecule has 0 fully saturated rings. The molecule has 0 amide bonds. The first-order valence-electron chi connectivity index (χ1n) is 9.59. The molecule has 0 atom stereocenters. The maximum Gasteiger partial charge on any atom is 0.331 e. The Hall–Kier alpha value is -2.69. The second kappa shape index (κ2) is 8.58. The van der Waals surface area contributed by atoms with E-state index in [2.05, 4.69) is 15.0 Å². The van der Waals surface area contributed by atoms with Crippen molar-refractivity contribution in [2.45, 2.75) is 31.5 Å². The normalized spacial score (nSPS) is 13.4. The van der Waals surface area contributed by atoms with Crippen LogP contribution in [0.15, 0.2) is 29.6 Å². The van der Waals surface area contributed by atoms with E-state index in [4.69, 9.17) is 18.4 Å². The quantitative estimate of drug-likeness (QED) is 0.405. The lowest BCUT2D eigenvalue weighted by Gasteiger charge is -2.12. The Kier molecular flexibility index (Phi) is 5.89. The third kappa shape index (κ3) is 4.25. The van der Waals surface area contributed by atoms with Crippen molar-refractivity contribution in [1.29, 1.82) is 0 Å². The van der Waals surface area contributed by atoms with Gasteiger partial charge in [-0.15, -0.1) is 0 Å². The Morgan fingerprint density at radius 1 is 1.27 bits per heavy atom. The number of methoxy groups -OCH3 is 1. The van der Waals surface area contributed by atoms with Gasteiger partial charge in [-0.1, -0.05) is 0 Å². The van der Waals surface area contributed by atoms with Crippen LogP contribution in [0.2, 0.25) is 0 Å². The van der Waals surface area contributed by atoms with Crippen molar-refractivity contribution in [2.24, 2.45) is 0 Å². The topological polar surface area (TPSA) is 113 Å². The molecule has 2 aromatic heterocycles. The third-order valence-electron chi connectivity index (χ3n) is 4.87. The summed E-state index contributed by atoms with van der Waals surface area (Å²) in [6.07, 6.45) is 3.10. The summed E-state index contributed by atoms with van der Waals surface area (Å²) in [5.41, 5.74) is 3.37. The SMILES string of the molecule is COCCCOc1ccnc(COS(=O)(=O)c2nc3cc4c(cc3[nH]2)CCO4)c1C. The molecule has 0 spiro atoms. The van der Waals surface area contributed by atoms with Crippen LogP contribution in [0.4, 0.5) is 0 Å². The van der Waals surface area contributed by atoms with Gasteiger partial charge < -0.3 is 19.2 Å². The molecule has 1 aromatic carbocycles. The van der Waals surface area contributed by atoms with Crippen molar-refractivity contribution in [1.82, 2.24) is 15.0 Å². The number of hydrogen-bond donors (Lipinski definition) is 1. The number of hydrogen-bond acceptors (Lipinski definition) is 8. The van der Waals surface area contributed by atoms with Crippen LogP contribution < -0.4 is 9.47 Å². The minimum atomic E-state index is -4.09. The second-order valence-electron chi connectivity index (χ2n) is 6.91. The average molecular weight is 433 g/mol. The van der Waals surface area contributed by atoms with Gasteiger partial charge >= 0.3 is 10.1 Å². The van der Waals surface area contributed by atoms with E-state index in [1.807, 2.05) is 13.0 Å². The van der Waals surface area contributed by atoms with Gasteiger partial charge in [0.1, 0.15) is 18.1 Å². The first-order chi connectivity index (χ1) is 14.5. The molecule has 3 aromatic rings. The van der Waals surface area contributed by atoms with Crippen LogP contribution >= 0.6 is 0 Å². The van der Waals surface area contributed by atoms with Crippen LogP contribution in [0.5, 0.6) is 11.5 Å². The molecule has 1 aliphatic rings. The van der Waals surface area contributed by atoms with Gasteiger partial charge in [-0.3, -0.25) is 9.17 Å². The Morgan fingerprint density at radius 2 is 2.13 bits per heavy atom. The second-order valence-corrected chi connectivity index (χ2v) is 8.44. The van der Waals surface area contributed by atoms with Gasteiger partial charge in [0.15, 0.2) is 0 Å². The summed E-state index contributed by atoms with van der Waals surface area (Å²) < 4.78 is 46.7. The molecular weight excluding hydrogens is 410 g/mol. The van der Waals surface area contributed by atoms with Crippen molar-refractivity contribution in [3.05, 3.63) is 41.2 Å². The summed E-state index contributed by atoms with van der Waals surface area (Å²) in [5, 5.41) is -0.245. The highest BCUT2D eigenvalue weighted by Crippen LogP contribution is 2.30. The van der Waals surface area contributed by atoms with E-state index in [1.165, 1.54) is 0 Å². The number of imidazole rings is 1. The number of fused-ring (bicyclic) bond motifs is 2. The highest BCUT2D eigenvalue weighted by atomic mass is 32.2. The molecule has 3 heterocycles. The number of rotatable bonds is 9. The molecule has 0 radical (unpaired) electrons. The summed E-state index contributed by atoms with van der Waals surface area (Å²) in [6.45, 7) is 3.30. The van der Waals surface area contributed by atoms with E-state index >= 15 is 0 Å². The van der Waals surface area contributed by atoms with Crippen LogP contribution in [0.1, 0.15) is 23.2 Å². The number of aromatic nitrogens is 3. The average Bonchev–Trinajstić information content (AvgIpc) is 3.35. The van der Waals surface area contributed by atoms with Crippen molar-refractivity contribution in [2.75, 3.05) is 26.9 Å². The lowest BCUT2D eigenvalue weighted by molar-refractivity contribution is 0.171. The Bertz CT molecular complexity index is 1120. The van der Waals surface area contributed by atoms with Gasteiger partial charge in [0.05, 0.1) is 29.9 Å². The maximum atomic E-state index is 12.6. The zero-order valence-corrected chi connectivity index (χ0v) is 17.6. The lowest BCUT2D eigenvalue weighted by atomic mass is 10.1. The molecule has 160 valence electrons. The summed E-state index contributed by atoms with van der Waals surface area (Å²) in [7, 11) is -2.46. The fraction of sp³-hybridized carbons (Fsp3) is 0.400. The van der Waals surface area contributed by atoms with Crippen LogP contribution in [0, 0.1) is 6.92 Å². The molecule has 30 heavy (non-hydrogen) atoms. The Morgan fingerprint density at radius 3 is 2.97 bits per heavy atom. The molecule has 0 saturated carbocycles. The zero-order chi connectivity index (χ0) is 21.1. The van der Waals surface area contributed by atoms with Crippen LogP contribution in [0.25, 0.3) is 11.0 Å². The van der Waals surface area contributed by atoms with Crippen LogP contribution in [-0.4, -0.2) is 50.3 Å². The van der Waals surface area contributed by atoms with Gasteiger partial charge in [-0.05, 0) is 24.6 Å². The lowest BCUT2D eigenvalue weighted by Crippen LogP contribution is -2.10. The van der Waals surface area contributed by atoms with E-state index in [1.54, 1.807) is 25.4 Å². The van der Waals surface area contributed by atoms with Crippen molar-refractivity contribution < 1.29 is 26.8 Å². The predicted molar refractivity (Wildman–Crippen MR) is 108 cm³/mol. The summed E-state index contributed by atoms with van der Waals surface area (Å²) in [5.74, 6) is 1.37. The number of ether oxygens (including phenoxy) is 3. The van der Waals surface area contributed by atoms with Gasteiger partial charge in [0.2, 0.25) is 0 Å². The largest absolute Gasteiger partial charge is 0.493 e. The number of pyridine rings is 1. The molecule has 10 heteroatoms. The molecule has 0 bridgehead atoms. The summed E-state index contributed by atoms with van der Waals surface area (Å²) in [6, 6.07) is 5.34. The van der Waals surface area contributed by atoms with E-state index in [0.29, 0.717) is 42.3 Å². The maximum absolute atomic E-state index is 12.6. The van der Waals surface area contributed by atoms with E-state index in [9.17, 15) is 8.42 Å². The van der Waals surface area contributed by atoms with Crippen LogP contribution in [0.3, 0.4) is 0 Å². The highest BCUT2D eigenvalue weighted by Gasteiger charge is 2.23. The fourth-order valence-corrected chi connectivity index (χ4v) is 4.04. The molecule has 4 rings (SSSR count). The molecule has 0 unspecified atom stereocenters. The summed E-state index contributed by atoms with van der Waals surface area (Å²) in [4.78, 5) is 11.2. The van der Waals surface area contributed by atoms with Crippen molar-refractivity contribution in [3.8, 4) is 11.5 Å². The molecule has 0 aliphatic carbocycles. The van der Waals surface area contributed by atoms with E-state index in [0.717, 1.165) is 29.7 Å².